The molecule has 2 aromatic carbocycles. The third-order valence-corrected chi connectivity index (χ3v) is 5.12. The van der Waals surface area contributed by atoms with Crippen molar-refractivity contribution < 1.29 is 9.47 Å². The van der Waals surface area contributed by atoms with E-state index in [1.807, 2.05) is 50.2 Å². The van der Waals surface area contributed by atoms with E-state index in [-0.39, 0.29) is 0 Å². The molecule has 0 aliphatic carbocycles. The van der Waals surface area contributed by atoms with Crippen LogP contribution in [0.25, 0.3) is 0 Å². The molecule has 2 N–H and O–H groups in total. The maximum atomic E-state index is 6.52. The van der Waals surface area contributed by atoms with Crippen molar-refractivity contribution in [2.24, 2.45) is 0 Å². The van der Waals surface area contributed by atoms with Crippen LogP contribution in [0.2, 0.25) is 10.0 Å². The molecule has 1 aromatic heterocycles. The number of nitrogens with one attached hydrogen (secondary N) is 2. The first-order chi connectivity index (χ1) is 14.0. The average Bonchev–Trinajstić information content (AvgIpc) is 3.07. The molecule has 0 spiro atoms. The Balaban J connectivity index is 1.79. The highest BCUT2D eigenvalue weighted by molar-refractivity contribution is 7.71. The number of rotatable bonds is 9. The van der Waals surface area contributed by atoms with Crippen LogP contribution < -0.4 is 14.9 Å². The predicted molar refractivity (Wildman–Crippen MR) is 118 cm³/mol. The predicted octanol–water partition coefficient (Wildman–Crippen LogP) is 5.53. The minimum atomic E-state index is 0.293. The number of H-pyrrole nitrogens is 1. The summed E-state index contributed by atoms with van der Waals surface area (Å²) in [6.45, 7) is 5.20. The van der Waals surface area contributed by atoms with Crippen molar-refractivity contribution in [2.45, 2.75) is 33.4 Å². The summed E-state index contributed by atoms with van der Waals surface area (Å²) in [5.74, 6) is 1.90. The zero-order valence-corrected chi connectivity index (χ0v) is 18.5. The summed E-state index contributed by atoms with van der Waals surface area (Å²) < 4.78 is 14.0. The molecular weight excluding hydrogens is 431 g/mol. The van der Waals surface area contributed by atoms with Crippen molar-refractivity contribution in [3.05, 3.63) is 68.2 Å². The van der Waals surface area contributed by atoms with Crippen molar-refractivity contribution in [2.75, 3.05) is 12.0 Å². The van der Waals surface area contributed by atoms with Crippen LogP contribution in [0.1, 0.15) is 30.8 Å². The average molecular weight is 453 g/mol. The first kappa shape index (κ1) is 21.5. The Morgan fingerprint density at radius 1 is 1.14 bits per heavy atom. The molecule has 29 heavy (non-hydrogen) atoms. The summed E-state index contributed by atoms with van der Waals surface area (Å²) in [6.07, 6.45) is 0.750. The van der Waals surface area contributed by atoms with Crippen molar-refractivity contribution in [1.29, 1.82) is 0 Å². The molecule has 6 nitrogen and oxygen atoms in total. The Bertz CT molecular complexity index is 1040. The second-order valence-corrected chi connectivity index (χ2v) is 7.39. The standard InChI is InChI=1S/C20H22Cl2N4O2S/c1-3-18-24-25-20(29)26(18)23-11-13-9-16(22)19(17(10-13)27-4-2)28-12-14-7-5-6-8-15(14)21/h5-10,23H,3-4,11-12H2,1-2H3,(H,25,29). The van der Waals surface area contributed by atoms with E-state index in [0.717, 1.165) is 23.4 Å². The van der Waals surface area contributed by atoms with Crippen LogP contribution in [0.15, 0.2) is 36.4 Å². The van der Waals surface area contributed by atoms with Crippen LogP contribution in [0, 0.1) is 4.77 Å². The number of aromatic amines is 1. The summed E-state index contributed by atoms with van der Waals surface area (Å²) in [6, 6.07) is 11.3. The van der Waals surface area contributed by atoms with Gasteiger partial charge in [0.1, 0.15) is 6.61 Å². The van der Waals surface area contributed by atoms with Gasteiger partial charge in [0, 0.05) is 17.0 Å². The van der Waals surface area contributed by atoms with Crippen LogP contribution >= 0.6 is 35.4 Å². The van der Waals surface area contributed by atoms with E-state index in [4.69, 9.17) is 44.9 Å². The molecule has 0 bridgehead atoms. The van der Waals surface area contributed by atoms with Crippen molar-refractivity contribution in [3.8, 4) is 11.5 Å². The molecule has 0 saturated carbocycles. The molecular formula is C20H22Cl2N4O2S. The zero-order valence-electron chi connectivity index (χ0n) is 16.2. The SMILES string of the molecule is CCOc1cc(CNn2c(CC)n[nH]c2=S)cc(Cl)c1OCc1ccccc1Cl. The molecule has 0 aliphatic heterocycles. The zero-order chi connectivity index (χ0) is 20.8. The van der Waals surface area contributed by atoms with Gasteiger partial charge in [0.15, 0.2) is 17.3 Å². The van der Waals surface area contributed by atoms with E-state index in [0.29, 0.717) is 46.1 Å². The van der Waals surface area contributed by atoms with Crippen molar-refractivity contribution in [1.82, 2.24) is 14.9 Å². The molecule has 3 rings (SSSR count). The van der Waals surface area contributed by atoms with E-state index >= 15 is 0 Å². The number of aryl methyl sites for hydroxylation is 1. The first-order valence-corrected chi connectivity index (χ1v) is 10.4. The summed E-state index contributed by atoms with van der Waals surface area (Å²) in [5, 5.41) is 8.08. The van der Waals surface area contributed by atoms with Gasteiger partial charge in [0.05, 0.1) is 18.2 Å². The van der Waals surface area contributed by atoms with Crippen LogP contribution in [0.5, 0.6) is 11.5 Å². The van der Waals surface area contributed by atoms with Gasteiger partial charge in [-0.3, -0.25) is 5.10 Å². The van der Waals surface area contributed by atoms with E-state index in [9.17, 15) is 0 Å². The largest absolute Gasteiger partial charge is 0.490 e. The van der Waals surface area contributed by atoms with E-state index in [1.165, 1.54) is 0 Å². The van der Waals surface area contributed by atoms with Crippen LogP contribution in [-0.2, 0) is 19.6 Å². The van der Waals surface area contributed by atoms with Gasteiger partial charge in [-0.25, -0.2) is 4.68 Å². The second-order valence-electron chi connectivity index (χ2n) is 6.19. The van der Waals surface area contributed by atoms with Gasteiger partial charge in [0.25, 0.3) is 0 Å². The van der Waals surface area contributed by atoms with E-state index < -0.39 is 0 Å². The number of aromatic nitrogens is 3. The molecule has 9 heteroatoms. The molecule has 0 aliphatic rings. The molecule has 0 fully saturated rings. The number of hydrogen-bond acceptors (Lipinski definition) is 5. The Morgan fingerprint density at radius 2 is 1.93 bits per heavy atom. The number of benzene rings is 2. The minimum absolute atomic E-state index is 0.293. The summed E-state index contributed by atoms with van der Waals surface area (Å²) >= 11 is 18.0. The van der Waals surface area contributed by atoms with Gasteiger partial charge < -0.3 is 14.9 Å². The molecule has 1 heterocycles. The highest BCUT2D eigenvalue weighted by Gasteiger charge is 2.14. The fourth-order valence-electron chi connectivity index (χ4n) is 2.79. The topological polar surface area (TPSA) is 64.1 Å². The Labute approximate surface area is 184 Å². The monoisotopic (exact) mass is 452 g/mol. The van der Waals surface area contributed by atoms with E-state index in [2.05, 4.69) is 15.6 Å². The lowest BCUT2D eigenvalue weighted by Gasteiger charge is -2.16. The van der Waals surface area contributed by atoms with Crippen molar-refractivity contribution >= 4 is 35.4 Å². The molecule has 154 valence electrons. The smallest absolute Gasteiger partial charge is 0.214 e. The summed E-state index contributed by atoms with van der Waals surface area (Å²) in [5.41, 5.74) is 5.06. The van der Waals surface area contributed by atoms with Crippen LogP contribution in [0.4, 0.5) is 0 Å². The summed E-state index contributed by atoms with van der Waals surface area (Å²) in [7, 11) is 0. The van der Waals surface area contributed by atoms with Gasteiger partial charge in [-0.2, -0.15) is 5.10 Å². The Hall–Kier alpha value is -2.22. The fourth-order valence-corrected chi connectivity index (χ4v) is 3.49. The lowest BCUT2D eigenvalue weighted by Crippen LogP contribution is -2.17. The number of halogens is 2. The first-order valence-electron chi connectivity index (χ1n) is 9.25. The van der Waals surface area contributed by atoms with Crippen LogP contribution in [-0.4, -0.2) is 21.5 Å². The lowest BCUT2D eigenvalue weighted by atomic mass is 10.2. The fraction of sp³-hybridized carbons (Fsp3) is 0.300. The minimum Gasteiger partial charge on any atom is -0.490 e. The maximum Gasteiger partial charge on any atom is 0.214 e. The third-order valence-electron chi connectivity index (χ3n) is 4.20. The lowest BCUT2D eigenvalue weighted by molar-refractivity contribution is 0.269. The normalized spacial score (nSPS) is 10.8. The number of hydrogen-bond donors (Lipinski definition) is 2. The molecule has 0 unspecified atom stereocenters. The number of ether oxygens (including phenoxy) is 2. The maximum absolute atomic E-state index is 6.52. The van der Waals surface area contributed by atoms with E-state index in [1.54, 1.807) is 4.68 Å². The quantitative estimate of drug-likeness (QED) is 0.417. The highest BCUT2D eigenvalue weighted by Crippen LogP contribution is 2.37. The van der Waals surface area contributed by atoms with Crippen LogP contribution in [0.3, 0.4) is 0 Å². The molecule has 0 saturated heterocycles. The Morgan fingerprint density at radius 3 is 2.66 bits per heavy atom. The molecule has 3 aromatic rings. The van der Waals surface area contributed by atoms with Gasteiger partial charge in [-0.1, -0.05) is 48.3 Å². The van der Waals surface area contributed by atoms with Crippen molar-refractivity contribution in [3.63, 3.8) is 0 Å². The number of nitrogens with zero attached hydrogens (tertiary/aromatic N) is 2. The molecule has 0 atom stereocenters. The summed E-state index contributed by atoms with van der Waals surface area (Å²) in [4.78, 5) is 0. The third kappa shape index (κ3) is 5.23. The second kappa shape index (κ2) is 10.0. The Kier molecular flexibility index (Phi) is 7.41. The van der Waals surface area contributed by atoms with Gasteiger partial charge in [-0.05, 0) is 42.9 Å². The molecule has 0 radical (unpaired) electrons. The molecule has 0 amide bonds. The van der Waals surface area contributed by atoms with Gasteiger partial charge in [0.2, 0.25) is 4.77 Å². The van der Waals surface area contributed by atoms with Gasteiger partial charge >= 0.3 is 0 Å². The van der Waals surface area contributed by atoms with Gasteiger partial charge in [-0.15, -0.1) is 0 Å². The highest BCUT2D eigenvalue weighted by atomic mass is 35.5.